The summed E-state index contributed by atoms with van der Waals surface area (Å²) in [4.78, 5) is 23.5. The number of phenols is 1. The van der Waals surface area contributed by atoms with Crippen LogP contribution in [0.3, 0.4) is 0 Å². The van der Waals surface area contributed by atoms with Crippen molar-refractivity contribution in [3.8, 4) is 28.8 Å². The topological polar surface area (TPSA) is 103 Å². The number of methoxy groups -OCH3 is 2. The Hall–Kier alpha value is -4.16. The van der Waals surface area contributed by atoms with Gasteiger partial charge in [-0.3, -0.25) is 14.7 Å². The maximum atomic E-state index is 12.7. The molecule has 0 aliphatic carbocycles. The van der Waals surface area contributed by atoms with Crippen LogP contribution in [0.4, 0.5) is 0 Å². The minimum atomic E-state index is -0.408. The number of phenolic OH excluding ortho intramolecular Hbond substituents is 1. The van der Waals surface area contributed by atoms with Gasteiger partial charge in [-0.15, -0.1) is 5.73 Å². The first-order valence-electron chi connectivity index (χ1n) is 8.47. The molecule has 8 heteroatoms. The zero-order valence-corrected chi connectivity index (χ0v) is 15.7. The molecular weight excluding hydrogens is 376 g/mol. The summed E-state index contributed by atoms with van der Waals surface area (Å²) in [6.07, 6.45) is 2.96. The number of nitrogens with zero attached hydrogens (tertiary/aromatic N) is 1. The maximum Gasteiger partial charge on any atom is 0.299 e. The molecule has 0 unspecified atom stereocenters. The second-order valence-electron chi connectivity index (χ2n) is 5.77. The van der Waals surface area contributed by atoms with E-state index in [0.717, 1.165) is 0 Å². The summed E-state index contributed by atoms with van der Waals surface area (Å²) in [5, 5.41) is 12.7. The van der Waals surface area contributed by atoms with E-state index in [4.69, 9.17) is 14.2 Å². The number of nitrogens with one attached hydrogen (secondary N) is 1. The van der Waals surface area contributed by atoms with Gasteiger partial charge in [0.05, 0.1) is 19.9 Å². The standard InChI is InChI=1S/C21H18N2O6/c1-27-17-11-14(12-18(28-2)19(17)25)7-6-10-16-20(29-13-24)22-23(21(16)26)15-8-4-3-5-9-15/h3-5,7-13,22,25H,1-2H3. The SMILES string of the molecule is COc1cc(C=C=Cc2c(OC=O)[nH]n(-c3ccccc3)c2=O)cc(OC)c1O. The Balaban J connectivity index is 2.03. The van der Waals surface area contributed by atoms with Crippen molar-refractivity contribution in [2.45, 2.75) is 0 Å². The molecule has 0 radical (unpaired) electrons. The first-order valence-corrected chi connectivity index (χ1v) is 8.47. The van der Waals surface area contributed by atoms with Gasteiger partial charge in [0.2, 0.25) is 11.6 Å². The number of aromatic hydroxyl groups is 1. The number of carbonyl (C=O) groups excluding carboxylic acids is 1. The number of para-hydroxylation sites is 1. The zero-order chi connectivity index (χ0) is 20.8. The highest BCUT2D eigenvalue weighted by molar-refractivity contribution is 5.65. The third kappa shape index (κ3) is 4.07. The van der Waals surface area contributed by atoms with Crippen LogP contribution >= 0.6 is 0 Å². The molecule has 0 saturated carbocycles. The lowest BCUT2D eigenvalue weighted by molar-refractivity contribution is -0.120. The molecule has 0 bridgehead atoms. The van der Waals surface area contributed by atoms with Crippen LogP contribution in [-0.4, -0.2) is 35.6 Å². The Morgan fingerprint density at radius 3 is 2.31 bits per heavy atom. The lowest BCUT2D eigenvalue weighted by Crippen LogP contribution is -2.15. The molecule has 0 spiro atoms. The molecule has 3 aromatic rings. The largest absolute Gasteiger partial charge is 0.502 e. The van der Waals surface area contributed by atoms with Crippen LogP contribution in [0.2, 0.25) is 0 Å². The molecule has 148 valence electrons. The van der Waals surface area contributed by atoms with Crippen molar-refractivity contribution in [2.75, 3.05) is 14.2 Å². The summed E-state index contributed by atoms with van der Waals surface area (Å²) in [6, 6.07) is 12.0. The number of rotatable bonds is 7. The number of benzene rings is 2. The number of H-pyrrole nitrogens is 1. The monoisotopic (exact) mass is 394 g/mol. The summed E-state index contributed by atoms with van der Waals surface area (Å²) in [7, 11) is 2.85. The van der Waals surface area contributed by atoms with E-state index in [0.29, 0.717) is 11.3 Å². The molecule has 2 N–H and O–H groups in total. The van der Waals surface area contributed by atoms with Gasteiger partial charge in [0.15, 0.2) is 11.5 Å². The molecule has 2 aromatic carbocycles. The van der Waals surface area contributed by atoms with Gasteiger partial charge in [0.1, 0.15) is 5.56 Å². The summed E-state index contributed by atoms with van der Waals surface area (Å²) >= 11 is 0. The molecule has 0 saturated heterocycles. The Labute approximate surface area is 165 Å². The van der Waals surface area contributed by atoms with Crippen LogP contribution in [-0.2, 0) is 4.79 Å². The molecule has 1 aromatic heterocycles. The highest BCUT2D eigenvalue weighted by Crippen LogP contribution is 2.37. The van der Waals surface area contributed by atoms with Crippen LogP contribution < -0.4 is 19.8 Å². The number of hydrogen-bond donors (Lipinski definition) is 2. The number of aromatic amines is 1. The number of hydrogen-bond acceptors (Lipinski definition) is 6. The second-order valence-corrected chi connectivity index (χ2v) is 5.77. The highest BCUT2D eigenvalue weighted by atomic mass is 16.5. The summed E-state index contributed by atoms with van der Waals surface area (Å²) in [5.41, 5.74) is 3.79. The molecule has 3 rings (SSSR count). The van der Waals surface area contributed by atoms with Gasteiger partial charge in [0, 0.05) is 0 Å². The van der Waals surface area contributed by atoms with Crippen LogP contribution in [0, 0.1) is 0 Å². The van der Waals surface area contributed by atoms with Gasteiger partial charge >= 0.3 is 0 Å². The van der Waals surface area contributed by atoms with Crippen LogP contribution in [0.5, 0.6) is 23.1 Å². The van der Waals surface area contributed by atoms with Crippen molar-refractivity contribution in [3.63, 3.8) is 0 Å². The van der Waals surface area contributed by atoms with Gasteiger partial charge in [0.25, 0.3) is 12.0 Å². The van der Waals surface area contributed by atoms with Crippen LogP contribution in [0.15, 0.2) is 53.0 Å². The van der Waals surface area contributed by atoms with E-state index in [1.807, 2.05) is 6.07 Å². The summed E-state index contributed by atoms with van der Waals surface area (Å²) in [5.74, 6) is 0.343. The van der Waals surface area contributed by atoms with E-state index in [2.05, 4.69) is 10.8 Å². The molecule has 0 amide bonds. The number of carbonyl (C=O) groups is 1. The van der Waals surface area contributed by atoms with Crippen LogP contribution in [0.25, 0.3) is 17.8 Å². The van der Waals surface area contributed by atoms with E-state index in [9.17, 15) is 14.7 Å². The van der Waals surface area contributed by atoms with E-state index < -0.39 is 5.56 Å². The highest BCUT2D eigenvalue weighted by Gasteiger charge is 2.14. The van der Waals surface area contributed by atoms with Crippen LogP contribution in [0.1, 0.15) is 11.1 Å². The van der Waals surface area contributed by atoms with Gasteiger partial charge < -0.3 is 19.3 Å². The number of aromatic nitrogens is 2. The van der Waals surface area contributed by atoms with Gasteiger partial charge in [-0.25, -0.2) is 4.68 Å². The van der Waals surface area contributed by atoms with Gasteiger partial charge in [-0.2, -0.15) is 0 Å². The van der Waals surface area contributed by atoms with E-state index in [1.54, 1.807) is 42.5 Å². The first kappa shape index (κ1) is 19.6. The molecule has 0 fully saturated rings. The molecule has 0 atom stereocenters. The average Bonchev–Trinajstić information content (AvgIpc) is 3.05. The Kier molecular flexibility index (Phi) is 5.87. The molecule has 29 heavy (non-hydrogen) atoms. The predicted octanol–water partition coefficient (Wildman–Crippen LogP) is 2.75. The fourth-order valence-corrected chi connectivity index (χ4v) is 2.67. The average molecular weight is 394 g/mol. The lowest BCUT2D eigenvalue weighted by atomic mass is 10.1. The Bertz CT molecular complexity index is 1110. The molecule has 1 heterocycles. The molecular formula is C21H18N2O6. The maximum absolute atomic E-state index is 12.7. The molecule has 0 aliphatic rings. The summed E-state index contributed by atoms with van der Waals surface area (Å²) < 4.78 is 16.4. The van der Waals surface area contributed by atoms with Gasteiger partial charge in [-0.1, -0.05) is 18.2 Å². The van der Waals surface area contributed by atoms with Crippen molar-refractivity contribution in [1.82, 2.24) is 9.78 Å². The quantitative estimate of drug-likeness (QED) is 0.472. The third-order valence-corrected chi connectivity index (χ3v) is 4.05. The Morgan fingerprint density at radius 2 is 1.72 bits per heavy atom. The van der Waals surface area contributed by atoms with Crippen molar-refractivity contribution in [3.05, 3.63) is 69.7 Å². The molecule has 0 aliphatic heterocycles. The fourth-order valence-electron chi connectivity index (χ4n) is 2.67. The van der Waals surface area contributed by atoms with Crippen molar-refractivity contribution in [1.29, 1.82) is 0 Å². The van der Waals surface area contributed by atoms with Crippen molar-refractivity contribution >= 4 is 18.6 Å². The second kappa shape index (κ2) is 8.69. The zero-order valence-electron chi connectivity index (χ0n) is 15.7. The van der Waals surface area contributed by atoms with Crippen molar-refractivity contribution < 1.29 is 24.1 Å². The van der Waals surface area contributed by atoms with E-state index >= 15 is 0 Å². The minimum absolute atomic E-state index is 0.00406. The number of ether oxygens (including phenoxy) is 3. The minimum Gasteiger partial charge on any atom is -0.502 e. The van der Waals surface area contributed by atoms with Crippen molar-refractivity contribution in [2.24, 2.45) is 0 Å². The normalized spacial score (nSPS) is 10.0. The lowest BCUT2D eigenvalue weighted by Gasteiger charge is -2.08. The summed E-state index contributed by atoms with van der Waals surface area (Å²) in [6.45, 7) is 0.233. The van der Waals surface area contributed by atoms with E-state index in [1.165, 1.54) is 25.0 Å². The Morgan fingerprint density at radius 1 is 1.07 bits per heavy atom. The van der Waals surface area contributed by atoms with Gasteiger partial charge in [-0.05, 0) is 42.0 Å². The molecule has 8 nitrogen and oxygen atoms in total. The fraction of sp³-hybridized carbons (Fsp3) is 0.0952. The third-order valence-electron chi connectivity index (χ3n) is 4.05. The smallest absolute Gasteiger partial charge is 0.299 e. The van der Waals surface area contributed by atoms with E-state index in [-0.39, 0.29) is 35.2 Å². The predicted molar refractivity (Wildman–Crippen MR) is 107 cm³/mol. The first-order chi connectivity index (χ1) is 14.1.